The summed E-state index contributed by atoms with van der Waals surface area (Å²) in [6.07, 6.45) is 3.15. The van der Waals surface area contributed by atoms with Crippen molar-refractivity contribution in [1.82, 2.24) is 20.4 Å². The van der Waals surface area contributed by atoms with E-state index in [4.69, 9.17) is 5.14 Å². The number of hydrogen-bond donors (Lipinski definition) is 3. The van der Waals surface area contributed by atoms with E-state index in [1.165, 1.54) is 6.07 Å². The quantitative estimate of drug-likeness (QED) is 0.502. The maximum atomic E-state index is 12.2. The number of H-pyrrole nitrogens is 2. The zero-order valence-corrected chi connectivity index (χ0v) is 15.0. The highest BCUT2D eigenvalue weighted by atomic mass is 32.2. The summed E-state index contributed by atoms with van der Waals surface area (Å²) in [4.78, 5) is 3.08. The first kappa shape index (κ1) is 17.0. The zero-order chi connectivity index (χ0) is 19.2. The predicted molar refractivity (Wildman–Crippen MR) is 99.9 cm³/mol. The lowest BCUT2D eigenvalue weighted by atomic mass is 9.97. The van der Waals surface area contributed by atoms with Gasteiger partial charge in [0.05, 0.1) is 22.2 Å². The highest BCUT2D eigenvalue weighted by Gasteiger charge is 2.20. The molecule has 0 aliphatic heterocycles. The van der Waals surface area contributed by atoms with Gasteiger partial charge in [-0.3, -0.25) is 0 Å². The lowest BCUT2D eigenvalue weighted by Gasteiger charge is -2.12. The number of nitrogens with one attached hydrogen (secondary N) is 2. The molecule has 27 heavy (non-hydrogen) atoms. The average molecular weight is 378 g/mol. The van der Waals surface area contributed by atoms with Gasteiger partial charge in [0.25, 0.3) is 0 Å². The molecule has 0 saturated carbocycles. The van der Waals surface area contributed by atoms with Gasteiger partial charge in [0.2, 0.25) is 10.0 Å². The second-order valence-corrected chi connectivity index (χ2v) is 7.64. The third-order valence-electron chi connectivity index (χ3n) is 4.45. The van der Waals surface area contributed by atoms with Gasteiger partial charge >= 0.3 is 0 Å². The predicted octanol–water partition coefficient (Wildman–Crippen LogP) is 2.45. The Morgan fingerprint density at radius 2 is 2.00 bits per heavy atom. The summed E-state index contributed by atoms with van der Waals surface area (Å²) in [5.74, 6) is 0. The standard InChI is InChI=1S/C18H14N6O2S/c1-10-2-4-13(18-17(10)12(7-19)8-21-18)14-6-11(15-9-22-24-23-15)3-5-16(14)27(20,25)26/h2-6,8-9,21H,1H3,(H2,20,25,26)(H,22,23,24). The summed E-state index contributed by atoms with van der Waals surface area (Å²) >= 11 is 0. The molecule has 2 aromatic carbocycles. The Bertz CT molecular complexity index is 1310. The van der Waals surface area contributed by atoms with Gasteiger partial charge in [-0.1, -0.05) is 18.2 Å². The van der Waals surface area contributed by atoms with Crippen LogP contribution in [0, 0.1) is 18.3 Å². The average Bonchev–Trinajstić information content (AvgIpc) is 3.31. The fourth-order valence-corrected chi connectivity index (χ4v) is 3.95. The van der Waals surface area contributed by atoms with Crippen LogP contribution in [-0.4, -0.2) is 28.8 Å². The topological polar surface area (TPSA) is 141 Å². The van der Waals surface area contributed by atoms with Crippen LogP contribution in [0.3, 0.4) is 0 Å². The summed E-state index contributed by atoms with van der Waals surface area (Å²) in [5.41, 5.74) is 4.40. The summed E-state index contributed by atoms with van der Waals surface area (Å²) in [6, 6.07) is 10.6. The van der Waals surface area contributed by atoms with E-state index in [9.17, 15) is 13.7 Å². The second kappa shape index (κ2) is 6.05. The molecule has 0 saturated heterocycles. The fourth-order valence-electron chi connectivity index (χ4n) is 3.22. The van der Waals surface area contributed by atoms with Crippen molar-refractivity contribution in [3.63, 3.8) is 0 Å². The molecule has 0 aliphatic carbocycles. The Hall–Kier alpha value is -3.48. The molecule has 0 fully saturated rings. The summed E-state index contributed by atoms with van der Waals surface area (Å²) in [5, 5.41) is 25.9. The van der Waals surface area contributed by atoms with Crippen LogP contribution in [-0.2, 0) is 10.0 Å². The third kappa shape index (κ3) is 2.77. The van der Waals surface area contributed by atoms with Gasteiger partial charge in [-0.25, -0.2) is 13.6 Å². The number of aromatic amines is 2. The molecule has 4 N–H and O–H groups in total. The van der Waals surface area contributed by atoms with Crippen molar-refractivity contribution in [2.75, 3.05) is 0 Å². The van der Waals surface area contributed by atoms with Crippen LogP contribution >= 0.6 is 0 Å². The van der Waals surface area contributed by atoms with Crippen molar-refractivity contribution in [2.45, 2.75) is 11.8 Å². The van der Waals surface area contributed by atoms with Crippen LogP contribution < -0.4 is 5.14 Å². The normalized spacial score (nSPS) is 11.6. The van der Waals surface area contributed by atoms with Gasteiger partial charge in [-0.05, 0) is 24.6 Å². The molecule has 0 atom stereocenters. The lowest BCUT2D eigenvalue weighted by Crippen LogP contribution is -2.13. The van der Waals surface area contributed by atoms with Crippen LogP contribution in [0.15, 0.2) is 47.6 Å². The van der Waals surface area contributed by atoms with Crippen molar-refractivity contribution in [2.24, 2.45) is 5.14 Å². The molecule has 8 nitrogen and oxygen atoms in total. The number of primary sulfonamides is 1. The molecule has 0 amide bonds. The van der Waals surface area contributed by atoms with E-state index in [0.29, 0.717) is 33.5 Å². The number of rotatable bonds is 3. The van der Waals surface area contributed by atoms with Crippen molar-refractivity contribution in [3.05, 3.63) is 53.9 Å². The SMILES string of the molecule is Cc1ccc(-c2cc(-c3cn[nH]n3)ccc2S(N)(=O)=O)c2[nH]cc(C#N)c12. The molecular weight excluding hydrogens is 364 g/mol. The number of benzene rings is 2. The van der Waals surface area contributed by atoms with E-state index in [-0.39, 0.29) is 4.90 Å². The van der Waals surface area contributed by atoms with Crippen molar-refractivity contribution in [1.29, 1.82) is 5.26 Å². The lowest BCUT2D eigenvalue weighted by molar-refractivity contribution is 0.598. The first-order chi connectivity index (χ1) is 12.9. The molecule has 9 heteroatoms. The molecule has 0 unspecified atom stereocenters. The Labute approximate surface area is 154 Å². The van der Waals surface area contributed by atoms with Gasteiger partial charge in [0, 0.05) is 28.3 Å². The van der Waals surface area contributed by atoms with Gasteiger partial charge in [-0.2, -0.15) is 20.7 Å². The van der Waals surface area contributed by atoms with Crippen molar-refractivity contribution in [3.8, 4) is 28.5 Å². The van der Waals surface area contributed by atoms with Crippen LogP contribution in [0.4, 0.5) is 0 Å². The van der Waals surface area contributed by atoms with E-state index < -0.39 is 10.0 Å². The summed E-state index contributed by atoms with van der Waals surface area (Å²) in [7, 11) is -3.97. The van der Waals surface area contributed by atoms with E-state index in [1.54, 1.807) is 24.5 Å². The minimum Gasteiger partial charge on any atom is -0.359 e. The number of nitrogens with zero attached hydrogens (tertiary/aromatic N) is 3. The Kier molecular flexibility index (Phi) is 3.80. The molecular formula is C18H14N6O2S. The van der Waals surface area contributed by atoms with Crippen LogP contribution in [0.5, 0.6) is 0 Å². The number of fused-ring (bicyclic) bond motifs is 1. The molecule has 2 heterocycles. The van der Waals surface area contributed by atoms with Gasteiger partial charge < -0.3 is 4.98 Å². The molecule has 134 valence electrons. The fraction of sp³-hybridized carbons (Fsp3) is 0.0556. The number of aromatic nitrogens is 4. The Balaban J connectivity index is 2.08. The molecule has 0 radical (unpaired) electrons. The molecule has 2 aromatic heterocycles. The largest absolute Gasteiger partial charge is 0.359 e. The minimum absolute atomic E-state index is 0.00648. The number of hydrogen-bond acceptors (Lipinski definition) is 5. The maximum Gasteiger partial charge on any atom is 0.238 e. The van der Waals surface area contributed by atoms with Gasteiger partial charge in [0.15, 0.2) is 0 Å². The first-order valence-electron chi connectivity index (χ1n) is 7.94. The Morgan fingerprint density at radius 1 is 1.19 bits per heavy atom. The smallest absolute Gasteiger partial charge is 0.238 e. The number of nitrogens with two attached hydrogens (primary N) is 1. The molecule has 4 rings (SSSR count). The van der Waals surface area contributed by atoms with Crippen molar-refractivity contribution < 1.29 is 8.42 Å². The number of sulfonamides is 1. The highest BCUT2D eigenvalue weighted by Crippen LogP contribution is 2.36. The van der Waals surface area contributed by atoms with E-state index in [0.717, 1.165) is 10.9 Å². The van der Waals surface area contributed by atoms with Crippen molar-refractivity contribution >= 4 is 20.9 Å². The first-order valence-corrected chi connectivity index (χ1v) is 9.49. The van der Waals surface area contributed by atoms with Gasteiger partial charge in [-0.15, -0.1) is 0 Å². The van der Waals surface area contributed by atoms with Crippen LogP contribution in [0.25, 0.3) is 33.3 Å². The van der Waals surface area contributed by atoms with E-state index in [1.807, 2.05) is 19.1 Å². The molecule has 4 aromatic rings. The molecule has 0 bridgehead atoms. The number of aryl methyl sites for hydroxylation is 1. The second-order valence-electron chi connectivity index (χ2n) is 6.11. The summed E-state index contributed by atoms with van der Waals surface area (Å²) in [6.45, 7) is 1.90. The molecule has 0 spiro atoms. The monoisotopic (exact) mass is 378 g/mol. The van der Waals surface area contributed by atoms with E-state index >= 15 is 0 Å². The van der Waals surface area contributed by atoms with Crippen LogP contribution in [0.2, 0.25) is 0 Å². The minimum atomic E-state index is -3.97. The number of nitriles is 1. The third-order valence-corrected chi connectivity index (χ3v) is 5.42. The zero-order valence-electron chi connectivity index (χ0n) is 14.2. The van der Waals surface area contributed by atoms with Crippen LogP contribution in [0.1, 0.15) is 11.1 Å². The Morgan fingerprint density at radius 3 is 2.67 bits per heavy atom. The molecule has 0 aliphatic rings. The highest BCUT2D eigenvalue weighted by molar-refractivity contribution is 7.89. The van der Waals surface area contributed by atoms with Gasteiger partial charge in [0.1, 0.15) is 11.8 Å². The summed E-state index contributed by atoms with van der Waals surface area (Å²) < 4.78 is 24.3. The maximum absolute atomic E-state index is 12.2. The van der Waals surface area contributed by atoms with E-state index in [2.05, 4.69) is 26.5 Å².